The number of esters is 1. The van der Waals surface area contributed by atoms with Crippen LogP contribution < -0.4 is 0 Å². The number of aromatic amines is 6. The molecule has 0 fully saturated rings. The summed E-state index contributed by atoms with van der Waals surface area (Å²) in [5.41, 5.74) is 29.9. The third kappa shape index (κ3) is 11.6. The molecule has 0 unspecified atom stereocenters. The van der Waals surface area contributed by atoms with Crippen molar-refractivity contribution in [2.45, 2.75) is 25.7 Å². The molecule has 18 rings (SSSR count). The summed E-state index contributed by atoms with van der Waals surface area (Å²) in [5, 5.41) is 0. The second-order valence-corrected chi connectivity index (χ2v) is 26.0. The number of benzene rings is 3. The van der Waals surface area contributed by atoms with Crippen LogP contribution in [0.2, 0.25) is 0 Å². The molecule has 6 aliphatic rings. The highest BCUT2D eigenvalue weighted by Gasteiger charge is 2.29. The maximum Gasteiger partial charge on any atom is 0.337 e. The van der Waals surface area contributed by atoms with Crippen molar-refractivity contribution in [2.75, 3.05) is 7.11 Å². The maximum atomic E-state index is 12.8. The Morgan fingerprint density at radius 3 is 1.22 bits per heavy atom. The van der Waals surface area contributed by atoms with Gasteiger partial charge in [-0.15, -0.1) is 0 Å². The Balaban J connectivity index is 0.730. The van der Waals surface area contributed by atoms with Crippen LogP contribution in [0.3, 0.4) is 0 Å². The van der Waals surface area contributed by atoms with Gasteiger partial charge >= 0.3 is 5.97 Å². The molecule has 0 aliphatic carbocycles. The zero-order chi connectivity index (χ0) is 67.0. The number of carbonyl (C=O) groups is 1. The Morgan fingerprint density at radius 1 is 0.350 bits per heavy atom. The Bertz CT molecular complexity index is 6350. The summed E-state index contributed by atoms with van der Waals surface area (Å²) in [6.45, 7) is 4.45. The van der Waals surface area contributed by atoms with Gasteiger partial charge in [0.15, 0.2) is 0 Å². The van der Waals surface area contributed by atoms with Crippen LogP contribution in [0.15, 0.2) is 188 Å². The molecule has 0 atom stereocenters. The summed E-state index contributed by atoms with van der Waals surface area (Å²) in [5.74, 6) is 13.7. The number of nitrogens with zero attached hydrogens (tertiary/aromatic N) is 6. The minimum atomic E-state index is -0.423. The molecule has 0 amide bonds. The highest BCUT2D eigenvalue weighted by molar-refractivity contribution is 5.97. The summed E-state index contributed by atoms with van der Waals surface area (Å²) in [6.07, 6.45) is 21.1. The van der Waals surface area contributed by atoms with E-state index in [1.54, 1.807) is 12.1 Å². The number of ether oxygens (including phenoxy) is 1. The van der Waals surface area contributed by atoms with Crippen molar-refractivity contribution in [3.63, 3.8) is 0 Å². The molecular formula is C86H58N12O2. The number of fused-ring (bicyclic) bond motifs is 24. The van der Waals surface area contributed by atoms with Crippen molar-refractivity contribution in [3.05, 3.63) is 284 Å². The number of rotatable bonds is 4. The van der Waals surface area contributed by atoms with E-state index >= 15 is 0 Å². The van der Waals surface area contributed by atoms with E-state index in [2.05, 4.69) is 225 Å². The molecule has 0 spiro atoms. The smallest absolute Gasteiger partial charge is 0.337 e. The van der Waals surface area contributed by atoms with Gasteiger partial charge < -0.3 is 34.6 Å². The van der Waals surface area contributed by atoms with Gasteiger partial charge in [-0.05, 0) is 229 Å². The van der Waals surface area contributed by atoms with Crippen LogP contribution >= 0.6 is 0 Å². The van der Waals surface area contributed by atoms with E-state index in [-0.39, 0.29) is 5.41 Å². The fraction of sp³-hybridized carbons (Fsp3) is 0.0581. The van der Waals surface area contributed by atoms with Crippen molar-refractivity contribution in [1.29, 1.82) is 0 Å². The summed E-state index contributed by atoms with van der Waals surface area (Å²) in [4.78, 5) is 65.2. The molecule has 3 aromatic carbocycles. The van der Waals surface area contributed by atoms with Crippen LogP contribution in [0.4, 0.5) is 0 Å². The number of hydrogen-bond acceptors (Lipinski definition) is 8. The Morgan fingerprint density at radius 2 is 0.740 bits per heavy atom. The van der Waals surface area contributed by atoms with E-state index in [9.17, 15) is 4.79 Å². The molecule has 9 aromatic heterocycles. The minimum absolute atomic E-state index is 0.321. The predicted molar refractivity (Wildman–Crippen MR) is 404 cm³/mol. The van der Waals surface area contributed by atoms with Gasteiger partial charge in [-0.2, -0.15) is 0 Å². The zero-order valence-corrected chi connectivity index (χ0v) is 54.4. The van der Waals surface area contributed by atoms with Crippen molar-refractivity contribution in [2.24, 2.45) is 0 Å². The van der Waals surface area contributed by atoms with Crippen LogP contribution in [0.5, 0.6) is 0 Å². The Kier molecular flexibility index (Phi) is 14.1. The molecule has 0 saturated heterocycles. The van der Waals surface area contributed by atoms with Crippen molar-refractivity contribution in [1.82, 2.24) is 59.8 Å². The fourth-order valence-electron chi connectivity index (χ4n) is 13.5. The predicted octanol–water partition coefficient (Wildman–Crippen LogP) is 18.5. The minimum Gasteiger partial charge on any atom is -0.465 e. The third-order valence-electron chi connectivity index (χ3n) is 18.4. The molecule has 24 bridgehead atoms. The largest absolute Gasteiger partial charge is 0.465 e. The summed E-state index contributed by atoms with van der Waals surface area (Å²) >= 11 is 0. The third-order valence-corrected chi connectivity index (χ3v) is 18.4. The average molecular weight is 1290 g/mol. The van der Waals surface area contributed by atoms with Gasteiger partial charge in [-0.3, -0.25) is 4.98 Å². The molecule has 14 heteroatoms. The highest BCUT2D eigenvalue weighted by Crippen LogP contribution is 2.37. The molecule has 12 aromatic rings. The number of nitrogens with one attached hydrogen (secondary N) is 6. The zero-order valence-electron chi connectivity index (χ0n) is 54.4. The molecule has 6 N–H and O–H groups in total. The van der Waals surface area contributed by atoms with Crippen molar-refractivity contribution >= 4 is 133 Å². The quantitative estimate of drug-likeness (QED) is 0.0739. The van der Waals surface area contributed by atoms with Crippen LogP contribution in [0, 0.1) is 23.7 Å². The normalized spacial score (nSPS) is 13.1. The van der Waals surface area contributed by atoms with E-state index in [1.807, 2.05) is 78.9 Å². The van der Waals surface area contributed by atoms with Gasteiger partial charge in [0.25, 0.3) is 0 Å². The van der Waals surface area contributed by atoms with Crippen LogP contribution in [-0.4, -0.2) is 72.9 Å². The molecule has 15 heterocycles. The summed E-state index contributed by atoms with van der Waals surface area (Å²) < 4.78 is 5.12. The molecule has 0 saturated carbocycles. The van der Waals surface area contributed by atoms with Gasteiger partial charge in [0.2, 0.25) is 0 Å². The van der Waals surface area contributed by atoms with Gasteiger partial charge in [0.05, 0.1) is 91.8 Å². The molecule has 474 valence electrons. The lowest BCUT2D eigenvalue weighted by Crippen LogP contribution is -2.14. The van der Waals surface area contributed by atoms with E-state index in [0.29, 0.717) is 17.7 Å². The molecule has 0 radical (unpaired) electrons. The van der Waals surface area contributed by atoms with E-state index in [1.165, 1.54) is 7.11 Å². The first-order valence-corrected chi connectivity index (χ1v) is 33.0. The maximum absolute atomic E-state index is 12.8. The summed E-state index contributed by atoms with van der Waals surface area (Å²) in [7, 11) is 1.39. The van der Waals surface area contributed by atoms with Crippen LogP contribution in [-0.2, 0) is 16.6 Å². The van der Waals surface area contributed by atoms with Gasteiger partial charge in [0.1, 0.15) is 0 Å². The first-order chi connectivity index (χ1) is 48.9. The van der Waals surface area contributed by atoms with E-state index < -0.39 is 5.97 Å². The second kappa shape index (κ2) is 23.9. The first kappa shape index (κ1) is 58.9. The lowest BCUT2D eigenvalue weighted by Gasteiger charge is -2.15. The Labute approximate surface area is 573 Å². The molecule has 14 nitrogen and oxygen atoms in total. The van der Waals surface area contributed by atoms with Crippen molar-refractivity contribution in [3.8, 4) is 57.1 Å². The van der Waals surface area contributed by atoms with Gasteiger partial charge in [-0.25, -0.2) is 29.7 Å². The standard InChI is InChI=1S/C86H58N12O2/c1-86(2)49-72-47-79-57(15-9-51-6-12-53(13-7-51)83-75-35-30-68(93-75)44-64-26-22-60(89-64)41-61-23-27-65(90-61)45-69-31-36-76(83)94-69)39-80(98-79)84(54-16-18-55(19-17-54)85(99)100-3)77-37-32-70(95-77)46-78-56(38-71(96-78)48-81(86)97-72)14-8-50-4-10-52(11-5-50)82-73-33-28-66(91-73)42-62-24-20-58(87-62)40-59-21-25-63(88-59)43-67-29-34-74(82)92-67/h4-7,10-13,16-48,87,89,92,94,96,98H,49H2,1-3H3. The number of aromatic nitrogens is 12. The first-order valence-electron chi connectivity index (χ1n) is 33.0. The highest BCUT2D eigenvalue weighted by atomic mass is 16.5. The molecular weight excluding hydrogens is 1230 g/mol. The lowest BCUT2D eigenvalue weighted by atomic mass is 9.87. The topological polar surface area (TPSA) is 198 Å². The summed E-state index contributed by atoms with van der Waals surface area (Å²) in [6, 6.07) is 63.4. The molecule has 6 aliphatic heterocycles. The lowest BCUT2D eigenvalue weighted by molar-refractivity contribution is 0.0600. The second-order valence-electron chi connectivity index (χ2n) is 26.0. The number of carbonyl (C=O) groups excluding carboxylic acids is 1. The monoisotopic (exact) mass is 1290 g/mol. The van der Waals surface area contributed by atoms with Crippen LogP contribution in [0.25, 0.3) is 160 Å². The molecule has 100 heavy (non-hydrogen) atoms. The van der Waals surface area contributed by atoms with Gasteiger partial charge in [-0.1, -0.05) is 73.9 Å². The average Bonchev–Trinajstić information content (AvgIpc) is 1.62. The SMILES string of the molecule is COC(=O)c1ccc(-c2c3nc(cc4[nH]c(cc5nc(cc6[nH]c2cc6C#Cc2ccc(-c6c7nc(cc8ccc(cc9nc(cc%10ccc6[nH]%10)C=C9)[nH]8)C=C7)cc2)CC5(C)C)cc4C#Cc2ccc(-c4c5nc(cc6ccc(cc7nc(cc8ccc4[nH]8)C=C7)[nH]6)C=C5)cc2)C=C3)cc1. The number of hydrogen-bond donors (Lipinski definition) is 6. The number of methoxy groups -OCH3 is 1. The van der Waals surface area contributed by atoms with Crippen LogP contribution in [0.1, 0.15) is 115 Å². The fourth-order valence-corrected chi connectivity index (χ4v) is 13.5. The Hall–Kier alpha value is -13.7. The number of H-pyrrole nitrogens is 6. The van der Waals surface area contributed by atoms with Gasteiger partial charge in [0, 0.05) is 106 Å². The van der Waals surface area contributed by atoms with Crippen molar-refractivity contribution < 1.29 is 9.53 Å². The van der Waals surface area contributed by atoms with E-state index in [4.69, 9.17) is 34.6 Å². The van der Waals surface area contributed by atoms with E-state index in [0.717, 1.165) is 184 Å².